The standard InChI is InChI=1S/C15H14ClFN2O3S/c1-10(15(20)18-14-5-3-2-4-13(14)16)19-23(21,22)12-8-6-11(17)7-9-12/h2-10,19H,1H3,(H,18,20). The lowest BCUT2D eigenvalue weighted by atomic mass is 10.3. The molecule has 0 aliphatic carbocycles. The van der Waals surface area contributed by atoms with E-state index in [9.17, 15) is 17.6 Å². The van der Waals surface area contributed by atoms with Crippen molar-refractivity contribution in [3.8, 4) is 0 Å². The maximum atomic E-state index is 12.9. The Hall–Kier alpha value is -1.96. The van der Waals surface area contributed by atoms with Crippen molar-refractivity contribution in [2.45, 2.75) is 17.9 Å². The minimum Gasteiger partial charge on any atom is -0.323 e. The van der Waals surface area contributed by atoms with Gasteiger partial charge in [0.1, 0.15) is 5.82 Å². The number of sulfonamides is 1. The van der Waals surface area contributed by atoms with E-state index in [0.29, 0.717) is 10.7 Å². The average Bonchev–Trinajstić information content (AvgIpc) is 2.49. The topological polar surface area (TPSA) is 75.3 Å². The van der Waals surface area contributed by atoms with Gasteiger partial charge in [-0.1, -0.05) is 23.7 Å². The fourth-order valence-electron chi connectivity index (χ4n) is 1.77. The summed E-state index contributed by atoms with van der Waals surface area (Å²) < 4.78 is 39.4. The molecule has 0 saturated heterocycles. The molecule has 0 aromatic heterocycles. The number of carbonyl (C=O) groups excluding carboxylic acids is 1. The van der Waals surface area contributed by atoms with Gasteiger partial charge in [-0.05, 0) is 43.3 Å². The number of para-hydroxylation sites is 1. The molecule has 5 nitrogen and oxygen atoms in total. The summed E-state index contributed by atoms with van der Waals surface area (Å²) in [6.07, 6.45) is 0. The Morgan fingerprint density at radius 2 is 1.74 bits per heavy atom. The molecule has 0 spiro atoms. The SMILES string of the molecule is CC(NS(=O)(=O)c1ccc(F)cc1)C(=O)Nc1ccccc1Cl. The van der Waals surface area contributed by atoms with E-state index in [4.69, 9.17) is 11.6 Å². The maximum Gasteiger partial charge on any atom is 0.242 e. The van der Waals surface area contributed by atoms with Gasteiger partial charge in [0.05, 0.1) is 21.6 Å². The van der Waals surface area contributed by atoms with E-state index in [0.717, 1.165) is 24.3 Å². The van der Waals surface area contributed by atoms with Gasteiger partial charge in [0, 0.05) is 0 Å². The van der Waals surface area contributed by atoms with Crippen molar-refractivity contribution in [2.24, 2.45) is 0 Å². The molecule has 0 saturated carbocycles. The molecular weight excluding hydrogens is 343 g/mol. The van der Waals surface area contributed by atoms with Crippen molar-refractivity contribution in [1.29, 1.82) is 0 Å². The summed E-state index contributed by atoms with van der Waals surface area (Å²) in [6, 6.07) is 9.86. The molecule has 0 fully saturated rings. The second-order valence-electron chi connectivity index (χ2n) is 4.77. The van der Waals surface area contributed by atoms with Crippen LogP contribution in [0.2, 0.25) is 5.02 Å². The second kappa shape index (κ2) is 7.08. The van der Waals surface area contributed by atoms with E-state index in [1.165, 1.54) is 6.92 Å². The lowest BCUT2D eigenvalue weighted by molar-refractivity contribution is -0.117. The molecule has 1 amide bonds. The Kier molecular flexibility index (Phi) is 5.35. The van der Waals surface area contributed by atoms with Gasteiger partial charge in [-0.2, -0.15) is 4.72 Å². The lowest BCUT2D eigenvalue weighted by Crippen LogP contribution is -2.41. The fraction of sp³-hybridized carbons (Fsp3) is 0.133. The third-order valence-electron chi connectivity index (χ3n) is 2.98. The Morgan fingerprint density at radius 1 is 1.13 bits per heavy atom. The first-order valence-corrected chi connectivity index (χ1v) is 8.49. The predicted octanol–water partition coefficient (Wildman–Crippen LogP) is 2.78. The summed E-state index contributed by atoms with van der Waals surface area (Å²) in [5.74, 6) is -1.11. The molecule has 0 bridgehead atoms. The van der Waals surface area contributed by atoms with Gasteiger partial charge in [0.25, 0.3) is 0 Å². The Bertz CT molecular complexity index is 810. The summed E-state index contributed by atoms with van der Waals surface area (Å²) in [5.41, 5.74) is 0.381. The summed E-state index contributed by atoms with van der Waals surface area (Å²) in [6.45, 7) is 1.40. The van der Waals surface area contributed by atoms with E-state index < -0.39 is 27.8 Å². The number of hydrogen-bond acceptors (Lipinski definition) is 3. The zero-order chi connectivity index (χ0) is 17.0. The quantitative estimate of drug-likeness (QED) is 0.865. The van der Waals surface area contributed by atoms with E-state index >= 15 is 0 Å². The van der Waals surface area contributed by atoms with E-state index in [1.54, 1.807) is 24.3 Å². The molecule has 1 unspecified atom stereocenters. The highest BCUT2D eigenvalue weighted by atomic mass is 35.5. The Labute approximate surface area is 138 Å². The number of hydrogen-bond donors (Lipinski definition) is 2. The molecule has 2 rings (SSSR count). The summed E-state index contributed by atoms with van der Waals surface area (Å²) in [4.78, 5) is 11.9. The minimum atomic E-state index is -3.93. The van der Waals surface area contributed by atoms with E-state index in [1.807, 2.05) is 0 Å². The molecule has 122 valence electrons. The molecule has 2 aromatic rings. The van der Waals surface area contributed by atoms with Gasteiger partial charge in [-0.15, -0.1) is 0 Å². The van der Waals surface area contributed by atoms with Crippen molar-refractivity contribution < 1.29 is 17.6 Å². The van der Waals surface area contributed by atoms with Crippen LogP contribution in [0.1, 0.15) is 6.92 Å². The molecule has 8 heteroatoms. The van der Waals surface area contributed by atoms with E-state index in [-0.39, 0.29) is 4.90 Å². The largest absolute Gasteiger partial charge is 0.323 e. The smallest absolute Gasteiger partial charge is 0.242 e. The van der Waals surface area contributed by atoms with Crippen molar-refractivity contribution >= 4 is 33.2 Å². The van der Waals surface area contributed by atoms with Crippen LogP contribution < -0.4 is 10.0 Å². The number of carbonyl (C=O) groups is 1. The molecular formula is C15H14ClFN2O3S. The van der Waals surface area contributed by atoms with Crippen molar-refractivity contribution in [3.05, 3.63) is 59.4 Å². The first-order valence-electron chi connectivity index (χ1n) is 6.63. The summed E-state index contributed by atoms with van der Waals surface area (Å²) >= 11 is 5.93. The zero-order valence-corrected chi connectivity index (χ0v) is 13.7. The van der Waals surface area contributed by atoms with Crippen LogP contribution in [0.3, 0.4) is 0 Å². The number of nitrogens with one attached hydrogen (secondary N) is 2. The van der Waals surface area contributed by atoms with Crippen molar-refractivity contribution in [1.82, 2.24) is 4.72 Å². The van der Waals surface area contributed by atoms with Gasteiger partial charge >= 0.3 is 0 Å². The highest BCUT2D eigenvalue weighted by molar-refractivity contribution is 7.89. The van der Waals surface area contributed by atoms with Crippen LogP contribution in [0.25, 0.3) is 0 Å². The number of amides is 1. The summed E-state index contributed by atoms with van der Waals surface area (Å²) in [7, 11) is -3.93. The Balaban J connectivity index is 2.08. The van der Waals surface area contributed by atoms with Crippen LogP contribution in [0.4, 0.5) is 10.1 Å². The highest BCUT2D eigenvalue weighted by Gasteiger charge is 2.22. The fourth-order valence-corrected chi connectivity index (χ4v) is 3.16. The minimum absolute atomic E-state index is 0.128. The monoisotopic (exact) mass is 356 g/mol. The number of anilines is 1. The van der Waals surface area contributed by atoms with Crippen LogP contribution in [0.5, 0.6) is 0 Å². The second-order valence-corrected chi connectivity index (χ2v) is 6.89. The average molecular weight is 357 g/mol. The molecule has 0 aliphatic heterocycles. The first kappa shape index (κ1) is 17.4. The number of rotatable bonds is 5. The van der Waals surface area contributed by atoms with Crippen LogP contribution in [0.15, 0.2) is 53.4 Å². The molecule has 23 heavy (non-hydrogen) atoms. The van der Waals surface area contributed by atoms with Crippen LogP contribution >= 0.6 is 11.6 Å². The first-order chi connectivity index (χ1) is 10.8. The molecule has 1 atom stereocenters. The normalized spacial score (nSPS) is 12.7. The maximum absolute atomic E-state index is 12.9. The molecule has 0 radical (unpaired) electrons. The third-order valence-corrected chi connectivity index (χ3v) is 4.87. The highest BCUT2D eigenvalue weighted by Crippen LogP contribution is 2.20. The molecule has 2 N–H and O–H groups in total. The van der Waals surface area contributed by atoms with Crippen molar-refractivity contribution in [3.63, 3.8) is 0 Å². The number of benzene rings is 2. The lowest BCUT2D eigenvalue weighted by Gasteiger charge is -2.15. The predicted molar refractivity (Wildman–Crippen MR) is 86.3 cm³/mol. The van der Waals surface area contributed by atoms with Crippen LogP contribution in [-0.2, 0) is 14.8 Å². The molecule has 0 heterocycles. The molecule has 2 aromatic carbocycles. The van der Waals surface area contributed by atoms with Crippen LogP contribution in [-0.4, -0.2) is 20.4 Å². The molecule has 0 aliphatic rings. The van der Waals surface area contributed by atoms with Crippen molar-refractivity contribution in [2.75, 3.05) is 5.32 Å². The van der Waals surface area contributed by atoms with Gasteiger partial charge in [0.2, 0.25) is 15.9 Å². The van der Waals surface area contributed by atoms with Gasteiger partial charge in [-0.3, -0.25) is 4.79 Å². The third kappa shape index (κ3) is 4.51. The van der Waals surface area contributed by atoms with Gasteiger partial charge < -0.3 is 5.32 Å². The van der Waals surface area contributed by atoms with Crippen LogP contribution in [0, 0.1) is 5.82 Å². The Morgan fingerprint density at radius 3 is 2.35 bits per heavy atom. The number of halogens is 2. The zero-order valence-electron chi connectivity index (χ0n) is 12.1. The van der Waals surface area contributed by atoms with Gasteiger partial charge in [-0.25, -0.2) is 12.8 Å². The van der Waals surface area contributed by atoms with Gasteiger partial charge in [0.15, 0.2) is 0 Å². The van der Waals surface area contributed by atoms with E-state index in [2.05, 4.69) is 10.0 Å². The summed E-state index contributed by atoms with van der Waals surface area (Å²) in [5, 5.41) is 2.88.